The minimum absolute atomic E-state index is 0.0894. The summed E-state index contributed by atoms with van der Waals surface area (Å²) >= 11 is 4.57. The smallest absolute Gasteiger partial charge is 0.279 e. The topological polar surface area (TPSA) is 67.4 Å². The molecule has 1 aromatic carbocycles. The summed E-state index contributed by atoms with van der Waals surface area (Å²) in [6, 6.07) is 11.0. The fourth-order valence-corrected chi connectivity index (χ4v) is 3.30. The summed E-state index contributed by atoms with van der Waals surface area (Å²) < 4.78 is 6.45. The van der Waals surface area contributed by atoms with Gasteiger partial charge in [-0.15, -0.1) is 11.3 Å². The van der Waals surface area contributed by atoms with E-state index < -0.39 is 5.91 Å². The van der Waals surface area contributed by atoms with Crippen LogP contribution in [0.2, 0.25) is 0 Å². The number of ether oxygens (including phenoxy) is 1. The summed E-state index contributed by atoms with van der Waals surface area (Å²) in [4.78, 5) is 24.2. The molecule has 0 bridgehead atoms. The van der Waals surface area contributed by atoms with Crippen LogP contribution in [0.3, 0.4) is 0 Å². The Kier molecular flexibility index (Phi) is 6.01. The maximum absolute atomic E-state index is 11.9. The molecule has 7 heteroatoms. The maximum atomic E-state index is 11.9. The van der Waals surface area contributed by atoms with Crippen molar-refractivity contribution in [3.05, 3.63) is 50.6 Å². The third-order valence-corrected chi connectivity index (χ3v) is 4.79. The van der Waals surface area contributed by atoms with Crippen LogP contribution in [0, 0.1) is 0 Å². The van der Waals surface area contributed by atoms with Crippen LogP contribution in [0.4, 0.5) is 0 Å². The molecular weight excluding hydrogens is 392 g/mol. The number of hydrazine groups is 1. The second-order valence-corrected chi connectivity index (χ2v) is 8.60. The normalized spacial score (nSPS) is 11.0. The number of amides is 2. The van der Waals surface area contributed by atoms with E-state index in [4.69, 9.17) is 4.74 Å². The first kappa shape index (κ1) is 18.5. The Labute approximate surface area is 153 Å². The number of rotatable bonds is 4. The summed E-state index contributed by atoms with van der Waals surface area (Å²) in [5, 5.41) is 0. The molecule has 24 heavy (non-hydrogen) atoms. The zero-order chi connectivity index (χ0) is 17.7. The molecule has 2 rings (SSSR count). The Hall–Kier alpha value is -1.86. The molecule has 2 aromatic rings. The zero-order valence-electron chi connectivity index (χ0n) is 13.7. The Morgan fingerprint density at radius 2 is 1.83 bits per heavy atom. The molecule has 0 fully saturated rings. The highest BCUT2D eigenvalue weighted by Crippen LogP contribution is 2.30. The van der Waals surface area contributed by atoms with Crippen molar-refractivity contribution in [2.75, 3.05) is 6.61 Å². The fourth-order valence-electron chi connectivity index (χ4n) is 2.02. The molecule has 0 spiro atoms. The minimum Gasteiger partial charge on any atom is -0.483 e. The number of para-hydroxylation sites is 1. The van der Waals surface area contributed by atoms with Crippen molar-refractivity contribution in [1.82, 2.24) is 10.9 Å². The predicted octanol–water partition coefficient (Wildman–Crippen LogP) is 3.65. The van der Waals surface area contributed by atoms with Gasteiger partial charge in [0.1, 0.15) is 5.75 Å². The number of benzene rings is 1. The highest BCUT2D eigenvalue weighted by Gasteiger charge is 2.19. The first-order valence-corrected chi connectivity index (χ1v) is 8.95. The SMILES string of the molecule is CC(C)(C)c1ccccc1OCC(=O)NNC(=O)c1ccc(Br)s1. The highest BCUT2D eigenvalue weighted by molar-refractivity contribution is 9.11. The second-order valence-electron chi connectivity index (χ2n) is 6.14. The van der Waals surface area contributed by atoms with E-state index >= 15 is 0 Å². The number of hydrogen-bond donors (Lipinski definition) is 2. The van der Waals surface area contributed by atoms with Crippen molar-refractivity contribution in [1.29, 1.82) is 0 Å². The Morgan fingerprint density at radius 3 is 2.46 bits per heavy atom. The quantitative estimate of drug-likeness (QED) is 0.755. The summed E-state index contributed by atoms with van der Waals surface area (Å²) in [5.74, 6) is -0.134. The van der Waals surface area contributed by atoms with E-state index in [0.717, 1.165) is 9.35 Å². The van der Waals surface area contributed by atoms with Gasteiger partial charge in [-0.1, -0.05) is 39.0 Å². The largest absolute Gasteiger partial charge is 0.483 e. The molecule has 128 valence electrons. The average molecular weight is 411 g/mol. The van der Waals surface area contributed by atoms with Crippen LogP contribution >= 0.6 is 27.3 Å². The lowest BCUT2D eigenvalue weighted by molar-refractivity contribution is -0.123. The van der Waals surface area contributed by atoms with E-state index in [1.807, 2.05) is 24.3 Å². The maximum Gasteiger partial charge on any atom is 0.279 e. The number of carbonyl (C=O) groups is 2. The lowest BCUT2D eigenvalue weighted by Crippen LogP contribution is -2.43. The van der Waals surface area contributed by atoms with E-state index in [2.05, 4.69) is 47.6 Å². The van der Waals surface area contributed by atoms with E-state index in [0.29, 0.717) is 10.6 Å². The van der Waals surface area contributed by atoms with Crippen molar-refractivity contribution < 1.29 is 14.3 Å². The van der Waals surface area contributed by atoms with Crippen LogP contribution in [0.1, 0.15) is 36.0 Å². The lowest BCUT2D eigenvalue weighted by atomic mass is 9.86. The fraction of sp³-hybridized carbons (Fsp3) is 0.294. The van der Waals surface area contributed by atoms with Crippen molar-refractivity contribution in [3.8, 4) is 5.75 Å². The van der Waals surface area contributed by atoms with Gasteiger partial charge in [0.2, 0.25) is 0 Å². The molecule has 0 aliphatic carbocycles. The van der Waals surface area contributed by atoms with Gasteiger partial charge in [0.15, 0.2) is 6.61 Å². The standard InChI is InChI=1S/C17H19BrN2O3S/c1-17(2,3)11-6-4-5-7-12(11)23-10-15(21)19-20-16(22)13-8-9-14(18)24-13/h4-9H,10H2,1-3H3,(H,19,21)(H,20,22). The van der Waals surface area contributed by atoms with Gasteiger partial charge < -0.3 is 4.74 Å². The Balaban J connectivity index is 1.87. The molecule has 0 saturated heterocycles. The summed E-state index contributed by atoms with van der Waals surface area (Å²) in [6.45, 7) is 6.06. The molecule has 0 aliphatic rings. The van der Waals surface area contributed by atoms with Crippen LogP contribution in [0.15, 0.2) is 40.2 Å². The predicted molar refractivity (Wildman–Crippen MR) is 98.3 cm³/mol. The average Bonchev–Trinajstić information content (AvgIpc) is 2.96. The number of hydrogen-bond acceptors (Lipinski definition) is 4. The van der Waals surface area contributed by atoms with Gasteiger partial charge in [-0.3, -0.25) is 20.4 Å². The van der Waals surface area contributed by atoms with E-state index in [9.17, 15) is 9.59 Å². The van der Waals surface area contributed by atoms with Crippen LogP contribution in [0.5, 0.6) is 5.75 Å². The molecular formula is C17H19BrN2O3S. The molecule has 2 N–H and O–H groups in total. The Bertz CT molecular complexity index is 737. The lowest BCUT2D eigenvalue weighted by Gasteiger charge is -2.22. The molecule has 0 atom stereocenters. The van der Waals surface area contributed by atoms with Gasteiger partial charge >= 0.3 is 0 Å². The number of carbonyl (C=O) groups excluding carboxylic acids is 2. The third kappa shape index (κ3) is 5.07. The van der Waals surface area contributed by atoms with Gasteiger partial charge in [-0.25, -0.2) is 0 Å². The van der Waals surface area contributed by atoms with Crippen molar-refractivity contribution in [3.63, 3.8) is 0 Å². The Morgan fingerprint density at radius 1 is 1.12 bits per heavy atom. The minimum atomic E-state index is -0.428. The molecule has 2 amide bonds. The second kappa shape index (κ2) is 7.81. The molecule has 0 unspecified atom stereocenters. The van der Waals surface area contributed by atoms with Gasteiger partial charge in [0, 0.05) is 0 Å². The number of nitrogens with one attached hydrogen (secondary N) is 2. The molecule has 1 aromatic heterocycles. The zero-order valence-corrected chi connectivity index (χ0v) is 16.1. The summed E-state index contributed by atoms with van der Waals surface area (Å²) in [5.41, 5.74) is 5.64. The van der Waals surface area contributed by atoms with E-state index in [1.165, 1.54) is 11.3 Å². The number of thiophene rings is 1. The van der Waals surface area contributed by atoms with Crippen LogP contribution in [0.25, 0.3) is 0 Å². The van der Waals surface area contributed by atoms with Crippen molar-refractivity contribution in [2.24, 2.45) is 0 Å². The highest BCUT2D eigenvalue weighted by atomic mass is 79.9. The molecule has 0 radical (unpaired) electrons. The van der Waals surface area contributed by atoms with Crippen LogP contribution in [-0.4, -0.2) is 18.4 Å². The van der Waals surface area contributed by atoms with Gasteiger partial charge in [0.05, 0.1) is 8.66 Å². The van der Waals surface area contributed by atoms with E-state index in [1.54, 1.807) is 12.1 Å². The number of halogens is 1. The monoisotopic (exact) mass is 410 g/mol. The summed E-state index contributed by atoms with van der Waals surface area (Å²) in [7, 11) is 0. The van der Waals surface area contributed by atoms with Gasteiger partial charge in [-0.05, 0) is 45.1 Å². The van der Waals surface area contributed by atoms with Crippen molar-refractivity contribution in [2.45, 2.75) is 26.2 Å². The first-order chi connectivity index (χ1) is 11.3. The molecule has 5 nitrogen and oxygen atoms in total. The first-order valence-electron chi connectivity index (χ1n) is 7.34. The van der Waals surface area contributed by atoms with E-state index in [-0.39, 0.29) is 17.9 Å². The van der Waals surface area contributed by atoms with Gasteiger partial charge in [-0.2, -0.15) is 0 Å². The molecule has 1 heterocycles. The van der Waals surface area contributed by atoms with Crippen LogP contribution in [-0.2, 0) is 10.2 Å². The van der Waals surface area contributed by atoms with Crippen LogP contribution < -0.4 is 15.6 Å². The van der Waals surface area contributed by atoms with Crippen molar-refractivity contribution >= 4 is 39.1 Å². The van der Waals surface area contributed by atoms with Gasteiger partial charge in [0.25, 0.3) is 11.8 Å². The molecule has 0 aliphatic heterocycles. The molecule has 0 saturated carbocycles. The summed E-state index contributed by atoms with van der Waals surface area (Å²) in [6.07, 6.45) is 0. The third-order valence-electron chi connectivity index (χ3n) is 3.17.